The summed E-state index contributed by atoms with van der Waals surface area (Å²) in [6, 6.07) is 19.7. The van der Waals surface area contributed by atoms with E-state index in [9.17, 15) is 0 Å². The Morgan fingerprint density at radius 2 is 1.03 bits per heavy atom. The molecule has 0 bridgehead atoms. The number of ether oxygens (including phenoxy) is 2. The van der Waals surface area contributed by atoms with Gasteiger partial charge < -0.3 is 34.2 Å². The number of hydrogen-bond donors (Lipinski definition) is 0. The molecule has 0 saturated carbocycles. The normalized spacial score (nSPS) is 9.34. The third-order valence-electron chi connectivity index (χ3n) is 4.09. The van der Waals surface area contributed by atoms with E-state index < -0.39 is 0 Å². The molecule has 0 saturated heterocycles. The fourth-order valence-corrected chi connectivity index (χ4v) is 2.89. The first-order valence-electron chi connectivity index (χ1n) is 8.46. The molecule has 3 rings (SSSR count). The molecule has 5 heteroatoms. The predicted molar refractivity (Wildman–Crippen MR) is 103 cm³/mol. The fraction of sp³-hybridized carbons (Fsp3) is 0.125. The molecule has 1 heterocycles. The second-order valence-corrected chi connectivity index (χ2v) is 5.78. The van der Waals surface area contributed by atoms with E-state index in [1.807, 2.05) is 60.7 Å². The summed E-state index contributed by atoms with van der Waals surface area (Å²) in [5.74, 6) is 5.89. The van der Waals surface area contributed by atoms with Gasteiger partial charge in [0.2, 0.25) is 0 Å². The molecule has 152 valence electrons. The monoisotopic (exact) mass is 745 g/mol. The van der Waals surface area contributed by atoms with Gasteiger partial charge in [0.25, 0.3) is 0 Å². The Hall–Kier alpha value is -2.21. The van der Waals surface area contributed by atoms with Gasteiger partial charge in [0.1, 0.15) is 24.7 Å². The largest absolute Gasteiger partial charge is 1.00 e. The molecule has 0 aliphatic carbocycles. The molecule has 0 amide bonds. The van der Waals surface area contributed by atoms with E-state index in [0.717, 1.165) is 16.7 Å². The Bertz CT molecular complexity index is 882. The van der Waals surface area contributed by atoms with E-state index in [1.54, 1.807) is 12.4 Å². The molecule has 0 aliphatic heterocycles. The maximum absolute atomic E-state index is 6.94. The number of aromatic nitrogens is 1. The van der Waals surface area contributed by atoms with Crippen LogP contribution in [0.1, 0.15) is 22.6 Å². The minimum atomic E-state index is 0. The van der Waals surface area contributed by atoms with E-state index in [2.05, 4.69) is 16.8 Å². The summed E-state index contributed by atoms with van der Waals surface area (Å²) in [4.78, 5) is 4.12. The van der Waals surface area contributed by atoms with E-state index in [1.165, 1.54) is 0 Å². The first-order valence-corrected chi connectivity index (χ1v) is 8.46. The molecule has 3 nitrogen and oxygen atoms in total. The summed E-state index contributed by atoms with van der Waals surface area (Å²) in [7, 11) is 0. The number of nitrogens with zero attached hydrogens (tertiary/aromatic N) is 1. The first kappa shape index (κ1) is 24.8. The van der Waals surface area contributed by atoms with Crippen molar-refractivity contribution in [3.05, 3.63) is 103 Å². The van der Waals surface area contributed by atoms with Gasteiger partial charge in [-0.15, -0.1) is 0 Å². The van der Waals surface area contributed by atoms with Crippen molar-refractivity contribution in [3.8, 4) is 23.3 Å². The van der Waals surface area contributed by atoms with Gasteiger partial charge >= 0.3 is 44.8 Å². The molecule has 0 aliphatic rings. The Labute approximate surface area is 203 Å². The third-order valence-corrected chi connectivity index (χ3v) is 4.09. The summed E-state index contributed by atoms with van der Waals surface area (Å²) in [6.07, 6.45) is 17.5. The molecule has 0 radical (unpaired) electrons. The minimum Gasteiger partial charge on any atom is -0.690 e. The summed E-state index contributed by atoms with van der Waals surface area (Å²) >= 11 is 0. The van der Waals surface area contributed by atoms with Crippen molar-refractivity contribution in [1.82, 2.24) is 4.98 Å². The summed E-state index contributed by atoms with van der Waals surface area (Å²) in [5, 5.41) is 0. The molecule has 0 atom stereocenters. The van der Waals surface area contributed by atoms with Gasteiger partial charge in [0.05, 0.1) is 0 Å². The van der Waals surface area contributed by atoms with Crippen LogP contribution in [0.4, 0.5) is 0 Å². The van der Waals surface area contributed by atoms with Crippen LogP contribution in [0.5, 0.6) is 11.5 Å². The van der Waals surface area contributed by atoms with Crippen LogP contribution >= 0.6 is 0 Å². The van der Waals surface area contributed by atoms with Gasteiger partial charge in [-0.05, 0) is 53.1 Å². The fourth-order valence-electron chi connectivity index (χ4n) is 2.89. The van der Waals surface area contributed by atoms with Gasteiger partial charge in [-0.2, -0.15) is 0 Å². The van der Waals surface area contributed by atoms with E-state index in [0.29, 0.717) is 11.5 Å². The van der Waals surface area contributed by atoms with Crippen molar-refractivity contribution in [3.63, 3.8) is 0 Å². The number of rotatable bonds is 7. The maximum atomic E-state index is 6.94. The summed E-state index contributed by atoms with van der Waals surface area (Å²) in [5.41, 5.74) is 3.37. The van der Waals surface area contributed by atoms with Crippen LogP contribution in [-0.4, -0.2) is 18.2 Å². The summed E-state index contributed by atoms with van der Waals surface area (Å²) < 4.78 is 10.8. The van der Waals surface area contributed by atoms with Gasteiger partial charge in [-0.3, -0.25) is 4.98 Å². The Balaban J connectivity index is 0.00000210. The molecule has 1 aromatic heterocycles. The van der Waals surface area contributed by atoms with Crippen LogP contribution < -0.4 is 9.47 Å². The van der Waals surface area contributed by atoms with Gasteiger partial charge in [-0.1, -0.05) is 24.3 Å². The second kappa shape index (κ2) is 13.1. The van der Waals surface area contributed by atoms with Crippen LogP contribution in [0.2, 0.25) is 0 Å². The van der Waals surface area contributed by atoms with Crippen molar-refractivity contribution >= 4 is 0 Å². The van der Waals surface area contributed by atoms with Crippen LogP contribution in [0.25, 0.3) is 0 Å². The molecule has 29 heavy (non-hydrogen) atoms. The van der Waals surface area contributed by atoms with Crippen LogP contribution in [0.3, 0.4) is 0 Å². The van der Waals surface area contributed by atoms with E-state index >= 15 is 0 Å². The third kappa shape index (κ3) is 6.96. The molecule has 3 aromatic rings. The SMILES string of the molecule is [Au+].[Au+].[C-]#CCOc1ccc(C(c2ccncc2)c2ccc(OCC#[C-])cc2)cc1. The molecule has 0 spiro atoms. The van der Waals surface area contributed by atoms with Gasteiger partial charge in [0, 0.05) is 18.3 Å². The van der Waals surface area contributed by atoms with Crippen LogP contribution in [0.15, 0.2) is 73.1 Å². The average molecular weight is 745 g/mol. The molecule has 0 fully saturated rings. The second-order valence-electron chi connectivity index (χ2n) is 5.78. The molecular formula is C24H17Au2NO2. The summed E-state index contributed by atoms with van der Waals surface area (Å²) in [6.45, 7) is 0.281. The minimum absolute atomic E-state index is 0. The Kier molecular flexibility index (Phi) is 11.2. The topological polar surface area (TPSA) is 31.4 Å². The zero-order valence-corrected chi connectivity index (χ0v) is 19.6. The van der Waals surface area contributed by atoms with Crippen LogP contribution in [0, 0.1) is 24.7 Å². The zero-order valence-electron chi connectivity index (χ0n) is 15.3. The Morgan fingerprint density at radius 1 is 0.655 bits per heavy atom. The smallest absolute Gasteiger partial charge is 0.690 e. The first-order chi connectivity index (χ1) is 13.3. The molecule has 0 unspecified atom stereocenters. The predicted octanol–water partition coefficient (Wildman–Crippen LogP) is 4.19. The van der Waals surface area contributed by atoms with Crippen molar-refractivity contribution in [2.75, 3.05) is 13.2 Å². The van der Waals surface area contributed by atoms with E-state index in [4.69, 9.17) is 22.3 Å². The van der Waals surface area contributed by atoms with Gasteiger partial charge in [0.15, 0.2) is 0 Å². The maximum Gasteiger partial charge on any atom is 1.00 e. The van der Waals surface area contributed by atoms with Crippen molar-refractivity contribution in [1.29, 1.82) is 0 Å². The number of pyridine rings is 1. The van der Waals surface area contributed by atoms with Crippen molar-refractivity contribution in [2.24, 2.45) is 0 Å². The average Bonchev–Trinajstić information content (AvgIpc) is 2.73. The quantitative estimate of drug-likeness (QED) is 0.207. The number of hydrogen-bond acceptors (Lipinski definition) is 3. The molecule has 0 N–H and O–H groups in total. The van der Waals surface area contributed by atoms with Crippen LogP contribution in [-0.2, 0) is 44.8 Å². The Morgan fingerprint density at radius 3 is 1.41 bits per heavy atom. The van der Waals surface area contributed by atoms with Gasteiger partial charge in [-0.25, -0.2) is 0 Å². The zero-order chi connectivity index (χ0) is 18.9. The number of benzene rings is 2. The molecule has 2 aromatic carbocycles. The standard InChI is InChI=1S/C24H17NO2.2Au/c1-3-17-26-22-9-5-19(6-10-22)24(21-13-15-25-16-14-21)20-7-11-23(12-8-20)27-18-4-2;;/h5-16,24H,17-18H2;;/q-2;2*+1. The molecular weight excluding hydrogens is 728 g/mol. The van der Waals surface area contributed by atoms with Crippen molar-refractivity contribution in [2.45, 2.75) is 5.92 Å². The van der Waals surface area contributed by atoms with Crippen molar-refractivity contribution < 1.29 is 54.2 Å². The van der Waals surface area contributed by atoms with E-state index in [-0.39, 0.29) is 63.9 Å².